The van der Waals surface area contributed by atoms with Crippen molar-refractivity contribution in [1.82, 2.24) is 5.32 Å². The highest BCUT2D eigenvalue weighted by Gasteiger charge is 2.11. The third-order valence-electron chi connectivity index (χ3n) is 2.76. The van der Waals surface area contributed by atoms with Crippen LogP contribution in [0.4, 0.5) is 0 Å². The summed E-state index contributed by atoms with van der Waals surface area (Å²) >= 11 is 3.32. The van der Waals surface area contributed by atoms with Crippen LogP contribution in [0.15, 0.2) is 22.7 Å². The molecule has 1 rings (SSSR count). The molecule has 0 saturated carbocycles. The second-order valence-corrected chi connectivity index (χ2v) is 5.22. The zero-order valence-corrected chi connectivity index (χ0v) is 12.9. The Hall–Kier alpha value is -1.56. The highest BCUT2D eigenvalue weighted by Crippen LogP contribution is 2.23. The minimum Gasteiger partial charge on any atom is -0.496 e. The van der Waals surface area contributed by atoms with E-state index in [-0.39, 0.29) is 12.3 Å². The van der Waals surface area contributed by atoms with Gasteiger partial charge >= 0.3 is 5.97 Å². The second kappa shape index (κ2) is 8.58. The van der Waals surface area contributed by atoms with E-state index in [0.717, 1.165) is 17.3 Å². The first-order valence-electron chi connectivity index (χ1n) is 6.38. The number of benzene rings is 1. The zero-order valence-electron chi connectivity index (χ0n) is 11.3. The van der Waals surface area contributed by atoms with Crippen LogP contribution in [0.1, 0.15) is 36.0 Å². The normalized spacial score (nSPS) is 10.1. The van der Waals surface area contributed by atoms with Crippen LogP contribution in [0.3, 0.4) is 0 Å². The van der Waals surface area contributed by atoms with Crippen molar-refractivity contribution in [2.45, 2.75) is 25.7 Å². The number of halogens is 1. The van der Waals surface area contributed by atoms with Crippen LogP contribution >= 0.6 is 15.9 Å². The van der Waals surface area contributed by atoms with Gasteiger partial charge in [0.1, 0.15) is 5.75 Å². The summed E-state index contributed by atoms with van der Waals surface area (Å²) in [7, 11) is 1.52. The second-order valence-electron chi connectivity index (χ2n) is 4.30. The van der Waals surface area contributed by atoms with Gasteiger partial charge in [-0.25, -0.2) is 0 Å². The molecule has 0 unspecified atom stereocenters. The van der Waals surface area contributed by atoms with Crippen molar-refractivity contribution in [3.05, 3.63) is 28.2 Å². The predicted molar refractivity (Wildman–Crippen MR) is 79.1 cm³/mol. The van der Waals surface area contributed by atoms with Crippen LogP contribution in [-0.4, -0.2) is 30.6 Å². The molecule has 0 heterocycles. The van der Waals surface area contributed by atoms with Gasteiger partial charge in [-0.1, -0.05) is 22.4 Å². The van der Waals surface area contributed by atoms with Crippen LogP contribution < -0.4 is 10.1 Å². The van der Waals surface area contributed by atoms with E-state index in [1.807, 2.05) is 0 Å². The fourth-order valence-corrected chi connectivity index (χ4v) is 2.07. The lowest BCUT2D eigenvalue weighted by atomic mass is 10.1. The standard InChI is InChI=1S/C14H18BrNO4/c1-20-12-9-10(15)6-7-11(12)14(19)16-8-4-2-3-5-13(17)18/h6-7,9H,2-5,8H2,1H3,(H,16,19)(H,17,18). The lowest BCUT2D eigenvalue weighted by Gasteiger charge is -2.09. The van der Waals surface area contributed by atoms with Crippen molar-refractivity contribution in [3.8, 4) is 5.75 Å². The van der Waals surface area contributed by atoms with Gasteiger partial charge in [-0.15, -0.1) is 0 Å². The number of rotatable bonds is 8. The van der Waals surface area contributed by atoms with Crippen LogP contribution in [-0.2, 0) is 4.79 Å². The maximum absolute atomic E-state index is 12.0. The number of carboxylic acid groups (broad SMARTS) is 1. The smallest absolute Gasteiger partial charge is 0.303 e. The molecule has 0 aliphatic carbocycles. The van der Waals surface area contributed by atoms with Crippen molar-refractivity contribution in [2.24, 2.45) is 0 Å². The Morgan fingerprint density at radius 2 is 2.05 bits per heavy atom. The van der Waals surface area contributed by atoms with Gasteiger partial charge in [-0.05, 0) is 31.0 Å². The Balaban J connectivity index is 2.38. The molecule has 0 fully saturated rings. The number of unbranched alkanes of at least 4 members (excludes halogenated alkanes) is 2. The number of carbonyl (C=O) groups excluding carboxylic acids is 1. The summed E-state index contributed by atoms with van der Waals surface area (Å²) in [5, 5.41) is 11.3. The zero-order chi connectivity index (χ0) is 15.0. The molecule has 0 aromatic heterocycles. The molecule has 0 spiro atoms. The molecule has 0 aliphatic rings. The highest BCUT2D eigenvalue weighted by atomic mass is 79.9. The molecule has 0 bridgehead atoms. The molecule has 20 heavy (non-hydrogen) atoms. The van der Waals surface area contributed by atoms with E-state index < -0.39 is 5.97 Å². The van der Waals surface area contributed by atoms with Crippen LogP contribution in [0.5, 0.6) is 5.75 Å². The largest absolute Gasteiger partial charge is 0.496 e. The number of methoxy groups -OCH3 is 1. The number of amides is 1. The molecule has 5 nitrogen and oxygen atoms in total. The molecule has 1 aromatic rings. The summed E-state index contributed by atoms with van der Waals surface area (Å²) in [5.74, 6) is -0.455. The predicted octanol–water partition coefficient (Wildman–Crippen LogP) is 2.83. The highest BCUT2D eigenvalue weighted by molar-refractivity contribution is 9.10. The van der Waals surface area contributed by atoms with Crippen molar-refractivity contribution in [1.29, 1.82) is 0 Å². The average Bonchev–Trinajstić information content (AvgIpc) is 2.41. The summed E-state index contributed by atoms with van der Waals surface area (Å²) in [6, 6.07) is 5.22. The average molecular weight is 344 g/mol. The number of hydrogen-bond donors (Lipinski definition) is 2. The minimum absolute atomic E-state index is 0.175. The van der Waals surface area contributed by atoms with Crippen molar-refractivity contribution < 1.29 is 19.4 Å². The number of ether oxygens (including phenoxy) is 1. The third kappa shape index (κ3) is 5.61. The van der Waals surface area contributed by atoms with Gasteiger partial charge in [0.25, 0.3) is 5.91 Å². The molecule has 0 saturated heterocycles. The molecule has 0 radical (unpaired) electrons. The first-order chi connectivity index (χ1) is 9.54. The molecule has 110 valence electrons. The molecule has 1 aromatic carbocycles. The number of carbonyl (C=O) groups is 2. The lowest BCUT2D eigenvalue weighted by Crippen LogP contribution is -2.24. The molecule has 2 N–H and O–H groups in total. The van der Waals surface area contributed by atoms with Gasteiger partial charge < -0.3 is 15.2 Å². The summed E-state index contributed by atoms with van der Waals surface area (Å²) in [6.45, 7) is 0.525. The first-order valence-corrected chi connectivity index (χ1v) is 7.17. The molecular formula is C14H18BrNO4. The van der Waals surface area contributed by atoms with E-state index in [4.69, 9.17) is 9.84 Å². The van der Waals surface area contributed by atoms with E-state index in [1.54, 1.807) is 18.2 Å². The summed E-state index contributed by atoms with van der Waals surface area (Å²) in [6.07, 6.45) is 2.35. The van der Waals surface area contributed by atoms with Crippen LogP contribution in [0, 0.1) is 0 Å². The maximum atomic E-state index is 12.0. The van der Waals surface area contributed by atoms with Gasteiger partial charge in [0, 0.05) is 17.4 Å². The molecular weight excluding hydrogens is 326 g/mol. The van der Waals surface area contributed by atoms with Crippen LogP contribution in [0.25, 0.3) is 0 Å². The Bertz CT molecular complexity index is 476. The Labute approximate surface area is 126 Å². The fourth-order valence-electron chi connectivity index (χ4n) is 1.73. The maximum Gasteiger partial charge on any atom is 0.303 e. The van der Waals surface area contributed by atoms with Gasteiger partial charge in [-0.3, -0.25) is 9.59 Å². The third-order valence-corrected chi connectivity index (χ3v) is 3.25. The molecule has 6 heteroatoms. The summed E-state index contributed by atoms with van der Waals surface area (Å²) < 4.78 is 6.01. The van der Waals surface area contributed by atoms with E-state index in [9.17, 15) is 9.59 Å². The molecule has 0 aliphatic heterocycles. The lowest BCUT2D eigenvalue weighted by molar-refractivity contribution is -0.137. The van der Waals surface area contributed by atoms with Crippen LogP contribution in [0.2, 0.25) is 0 Å². The molecule has 1 amide bonds. The van der Waals surface area contributed by atoms with E-state index in [2.05, 4.69) is 21.2 Å². The minimum atomic E-state index is -0.784. The molecule has 0 atom stereocenters. The van der Waals surface area contributed by atoms with Gasteiger partial charge in [0.15, 0.2) is 0 Å². The van der Waals surface area contributed by atoms with E-state index in [0.29, 0.717) is 24.3 Å². The SMILES string of the molecule is COc1cc(Br)ccc1C(=O)NCCCCCC(=O)O. The van der Waals surface area contributed by atoms with E-state index in [1.165, 1.54) is 7.11 Å². The quantitative estimate of drug-likeness (QED) is 0.711. The number of aliphatic carboxylic acids is 1. The van der Waals surface area contributed by atoms with E-state index >= 15 is 0 Å². The first kappa shape index (κ1) is 16.5. The van der Waals surface area contributed by atoms with Gasteiger partial charge in [-0.2, -0.15) is 0 Å². The monoisotopic (exact) mass is 343 g/mol. The number of carboxylic acids is 1. The summed E-state index contributed by atoms with van der Waals surface area (Å²) in [4.78, 5) is 22.3. The number of hydrogen-bond acceptors (Lipinski definition) is 3. The topological polar surface area (TPSA) is 75.6 Å². The van der Waals surface area contributed by atoms with Gasteiger partial charge in [0.05, 0.1) is 12.7 Å². The Kier molecular flexibility index (Phi) is 7.08. The van der Waals surface area contributed by atoms with Crippen molar-refractivity contribution in [3.63, 3.8) is 0 Å². The fraction of sp³-hybridized carbons (Fsp3) is 0.429. The Morgan fingerprint density at radius 3 is 2.70 bits per heavy atom. The van der Waals surface area contributed by atoms with Gasteiger partial charge in [0.2, 0.25) is 0 Å². The van der Waals surface area contributed by atoms with Crippen molar-refractivity contribution >= 4 is 27.8 Å². The Morgan fingerprint density at radius 1 is 1.30 bits per heavy atom. The summed E-state index contributed by atoms with van der Waals surface area (Å²) in [5.41, 5.74) is 0.487. The van der Waals surface area contributed by atoms with Crippen molar-refractivity contribution in [2.75, 3.05) is 13.7 Å². The number of nitrogens with one attached hydrogen (secondary N) is 1.